The van der Waals surface area contributed by atoms with Gasteiger partial charge in [0, 0.05) is 11.9 Å². The second kappa shape index (κ2) is 8.67. The van der Waals surface area contributed by atoms with E-state index in [-0.39, 0.29) is 17.9 Å². The summed E-state index contributed by atoms with van der Waals surface area (Å²) in [4.78, 5) is 28.4. The number of carbonyl (C=O) groups is 2. The van der Waals surface area contributed by atoms with Crippen LogP contribution in [0.3, 0.4) is 0 Å². The second-order valence-electron chi connectivity index (χ2n) is 8.88. The van der Waals surface area contributed by atoms with Crippen molar-refractivity contribution in [3.63, 3.8) is 0 Å². The van der Waals surface area contributed by atoms with Crippen LogP contribution in [0.15, 0.2) is 101 Å². The number of aliphatic hydroxyl groups is 1. The van der Waals surface area contributed by atoms with Gasteiger partial charge in [-0.25, -0.2) is 0 Å². The molecule has 0 aliphatic carbocycles. The third kappa shape index (κ3) is 3.79. The number of furan rings is 1. The molecule has 170 valence electrons. The normalized spacial score (nSPS) is 16.1. The molecule has 1 atom stereocenters. The zero-order valence-corrected chi connectivity index (χ0v) is 19.1. The number of benzene rings is 3. The highest BCUT2D eigenvalue weighted by Crippen LogP contribution is 2.40. The van der Waals surface area contributed by atoms with Gasteiger partial charge in [0.25, 0.3) is 5.91 Å². The van der Waals surface area contributed by atoms with E-state index >= 15 is 0 Å². The molecule has 34 heavy (non-hydrogen) atoms. The standard InChI is InChI=1S/C29H25NO4/c1-18(2)20-12-14-21(15-13-20)26-25(27(31)24-16-22-10-6-7-11-23(22)34-24)28(32)29(33)30(26)17-19-8-4-3-5-9-19/h3-16,18,26,32H,17H2,1-2H3. The first-order valence-corrected chi connectivity index (χ1v) is 11.3. The third-order valence-electron chi connectivity index (χ3n) is 6.31. The monoisotopic (exact) mass is 451 g/mol. The van der Waals surface area contributed by atoms with Crippen LogP contribution in [0.5, 0.6) is 0 Å². The van der Waals surface area contributed by atoms with Crippen LogP contribution in [0, 0.1) is 0 Å². The molecule has 5 nitrogen and oxygen atoms in total. The number of carbonyl (C=O) groups excluding carboxylic acids is 2. The second-order valence-corrected chi connectivity index (χ2v) is 8.88. The molecule has 0 saturated heterocycles. The van der Waals surface area contributed by atoms with Gasteiger partial charge in [0.15, 0.2) is 11.5 Å². The Morgan fingerprint density at radius 2 is 1.65 bits per heavy atom. The van der Waals surface area contributed by atoms with Crippen LogP contribution in [-0.2, 0) is 11.3 Å². The van der Waals surface area contributed by atoms with Crippen molar-refractivity contribution in [2.45, 2.75) is 32.4 Å². The van der Waals surface area contributed by atoms with Gasteiger partial charge in [0.05, 0.1) is 11.6 Å². The van der Waals surface area contributed by atoms with E-state index in [4.69, 9.17) is 4.42 Å². The summed E-state index contributed by atoms with van der Waals surface area (Å²) in [6.45, 7) is 4.48. The van der Waals surface area contributed by atoms with Crippen molar-refractivity contribution in [2.75, 3.05) is 0 Å². The van der Waals surface area contributed by atoms with Crippen molar-refractivity contribution < 1.29 is 19.1 Å². The van der Waals surface area contributed by atoms with Crippen molar-refractivity contribution >= 4 is 22.7 Å². The van der Waals surface area contributed by atoms with E-state index in [0.29, 0.717) is 11.5 Å². The molecule has 3 aromatic carbocycles. The SMILES string of the molecule is CC(C)c1ccc(C2C(C(=O)c3cc4ccccc4o3)=C(O)C(=O)N2Cc2ccccc2)cc1. The Labute approximate surface area is 197 Å². The highest BCUT2D eigenvalue weighted by molar-refractivity contribution is 6.16. The third-order valence-corrected chi connectivity index (χ3v) is 6.31. The largest absolute Gasteiger partial charge is 0.503 e. The molecule has 1 N–H and O–H groups in total. The van der Waals surface area contributed by atoms with Crippen molar-refractivity contribution in [2.24, 2.45) is 0 Å². The van der Waals surface area contributed by atoms with Gasteiger partial charge in [0.2, 0.25) is 5.78 Å². The van der Waals surface area contributed by atoms with E-state index in [1.165, 1.54) is 0 Å². The Bertz CT molecular complexity index is 1360. The number of amides is 1. The molecule has 2 heterocycles. The maximum absolute atomic E-state index is 13.6. The lowest BCUT2D eigenvalue weighted by molar-refractivity contribution is -0.130. The lowest BCUT2D eigenvalue weighted by Crippen LogP contribution is -2.30. The Balaban J connectivity index is 1.59. The average Bonchev–Trinajstić information content (AvgIpc) is 3.39. The minimum Gasteiger partial charge on any atom is -0.503 e. The topological polar surface area (TPSA) is 70.7 Å². The number of para-hydroxylation sites is 1. The fraction of sp³-hybridized carbons (Fsp3) is 0.172. The molecule has 4 aromatic rings. The quantitative estimate of drug-likeness (QED) is 0.348. The zero-order chi connectivity index (χ0) is 23.8. The van der Waals surface area contributed by atoms with Crippen molar-refractivity contribution in [1.29, 1.82) is 0 Å². The summed E-state index contributed by atoms with van der Waals surface area (Å²) >= 11 is 0. The smallest absolute Gasteiger partial charge is 0.290 e. The minimum atomic E-state index is -0.727. The van der Waals surface area contributed by atoms with Crippen LogP contribution in [-0.4, -0.2) is 21.7 Å². The van der Waals surface area contributed by atoms with Gasteiger partial charge in [-0.2, -0.15) is 0 Å². The fourth-order valence-corrected chi connectivity index (χ4v) is 4.47. The molecule has 0 bridgehead atoms. The van der Waals surface area contributed by atoms with E-state index in [1.54, 1.807) is 17.0 Å². The molecule has 0 fully saturated rings. The first-order chi connectivity index (χ1) is 16.4. The number of aliphatic hydroxyl groups excluding tert-OH is 1. The fourth-order valence-electron chi connectivity index (χ4n) is 4.47. The van der Waals surface area contributed by atoms with Gasteiger partial charge < -0.3 is 14.4 Å². The summed E-state index contributed by atoms with van der Waals surface area (Å²) < 4.78 is 5.79. The maximum Gasteiger partial charge on any atom is 0.290 e. The van der Waals surface area contributed by atoms with Crippen molar-refractivity contribution in [1.82, 2.24) is 4.90 Å². The van der Waals surface area contributed by atoms with E-state index in [2.05, 4.69) is 13.8 Å². The molecule has 1 aliphatic rings. The van der Waals surface area contributed by atoms with Gasteiger partial charge in [-0.3, -0.25) is 9.59 Å². The first-order valence-electron chi connectivity index (χ1n) is 11.3. The lowest BCUT2D eigenvalue weighted by Gasteiger charge is -2.27. The Morgan fingerprint density at radius 1 is 0.971 bits per heavy atom. The predicted molar refractivity (Wildman–Crippen MR) is 130 cm³/mol. The van der Waals surface area contributed by atoms with Gasteiger partial charge >= 0.3 is 0 Å². The predicted octanol–water partition coefficient (Wildman–Crippen LogP) is 6.33. The summed E-state index contributed by atoms with van der Waals surface area (Å²) in [7, 11) is 0. The molecule has 5 heteroatoms. The molecule has 1 aromatic heterocycles. The molecular formula is C29H25NO4. The Kier molecular flexibility index (Phi) is 5.54. The summed E-state index contributed by atoms with van der Waals surface area (Å²) in [6, 6.07) is 25.7. The van der Waals surface area contributed by atoms with Gasteiger partial charge in [-0.1, -0.05) is 86.6 Å². The molecular weight excluding hydrogens is 426 g/mol. The molecule has 0 saturated carbocycles. The van der Waals surface area contributed by atoms with Crippen LogP contribution in [0.25, 0.3) is 11.0 Å². The summed E-state index contributed by atoms with van der Waals surface area (Å²) in [5.74, 6) is -1.14. The molecule has 1 aliphatic heterocycles. The molecule has 0 radical (unpaired) electrons. The summed E-state index contributed by atoms with van der Waals surface area (Å²) in [6.07, 6.45) is 0. The highest BCUT2D eigenvalue weighted by Gasteiger charge is 2.44. The van der Waals surface area contributed by atoms with E-state index in [0.717, 1.165) is 22.1 Å². The lowest BCUT2D eigenvalue weighted by atomic mass is 9.92. The highest BCUT2D eigenvalue weighted by atomic mass is 16.3. The van der Waals surface area contributed by atoms with Crippen LogP contribution < -0.4 is 0 Å². The Morgan fingerprint density at radius 3 is 2.32 bits per heavy atom. The van der Waals surface area contributed by atoms with Crippen LogP contribution in [0.1, 0.15) is 53.1 Å². The molecule has 0 spiro atoms. The average molecular weight is 452 g/mol. The number of ketones is 1. The van der Waals surface area contributed by atoms with Gasteiger partial charge in [0.1, 0.15) is 5.58 Å². The summed E-state index contributed by atoms with van der Waals surface area (Å²) in [5, 5.41) is 11.7. The van der Waals surface area contributed by atoms with E-state index in [9.17, 15) is 14.7 Å². The van der Waals surface area contributed by atoms with Crippen LogP contribution >= 0.6 is 0 Å². The van der Waals surface area contributed by atoms with E-state index < -0.39 is 23.5 Å². The number of hydrogen-bond acceptors (Lipinski definition) is 4. The number of hydrogen-bond donors (Lipinski definition) is 1. The van der Waals surface area contributed by atoms with Crippen LogP contribution in [0.2, 0.25) is 0 Å². The number of fused-ring (bicyclic) bond motifs is 1. The number of Topliss-reactive ketones (excluding diaryl/α,β-unsaturated/α-hetero) is 1. The maximum atomic E-state index is 13.6. The first kappa shape index (κ1) is 21.7. The Hall–Kier alpha value is -4.12. The van der Waals surface area contributed by atoms with E-state index in [1.807, 2.05) is 72.8 Å². The van der Waals surface area contributed by atoms with Crippen LogP contribution in [0.4, 0.5) is 0 Å². The van der Waals surface area contributed by atoms with Crippen molar-refractivity contribution in [3.05, 3.63) is 119 Å². The zero-order valence-electron chi connectivity index (χ0n) is 19.1. The number of nitrogens with zero attached hydrogens (tertiary/aromatic N) is 1. The van der Waals surface area contributed by atoms with Crippen molar-refractivity contribution in [3.8, 4) is 0 Å². The number of rotatable bonds is 6. The molecule has 1 unspecified atom stereocenters. The minimum absolute atomic E-state index is 0.0392. The summed E-state index contributed by atoms with van der Waals surface area (Å²) in [5.41, 5.74) is 3.44. The molecule has 5 rings (SSSR count). The van der Waals surface area contributed by atoms with Gasteiger partial charge in [-0.05, 0) is 34.7 Å². The van der Waals surface area contributed by atoms with Gasteiger partial charge in [-0.15, -0.1) is 0 Å². The molecule has 1 amide bonds.